The topological polar surface area (TPSA) is 0 Å². The molecule has 1 nitrogen and oxygen atoms in total. The first-order chi connectivity index (χ1) is 5.64. The van der Waals surface area contributed by atoms with E-state index in [1.165, 1.54) is 5.56 Å². The molecule has 1 atom stereocenters. The summed E-state index contributed by atoms with van der Waals surface area (Å²) in [5.41, 5.74) is 1.20. The highest BCUT2D eigenvalue weighted by Gasteiger charge is 2.17. The van der Waals surface area contributed by atoms with Gasteiger partial charge in [-0.15, -0.1) is 0 Å². The van der Waals surface area contributed by atoms with Crippen LogP contribution in [-0.4, -0.2) is 17.1 Å². The molecule has 0 saturated heterocycles. The Morgan fingerprint density at radius 2 is 1.77 bits per heavy atom. The lowest BCUT2D eigenvalue weighted by Gasteiger charge is -2.20. The molecule has 1 aromatic carbocycles. The van der Waals surface area contributed by atoms with Crippen molar-refractivity contribution in [2.75, 3.05) is 13.1 Å². The predicted molar refractivity (Wildman–Crippen MR) is 52.9 cm³/mol. The van der Waals surface area contributed by atoms with E-state index in [0.717, 1.165) is 6.54 Å². The Bertz CT molecular complexity index is 236. The highest BCUT2D eigenvalue weighted by atomic mass is 35.5. The Morgan fingerprint density at radius 1 is 1.23 bits per heavy atom. The molecule has 13 heavy (non-hydrogen) atoms. The quantitative estimate of drug-likeness (QED) is 0.396. The second kappa shape index (κ2) is 5.71. The summed E-state index contributed by atoms with van der Waals surface area (Å²) in [6.07, 6.45) is 0. The van der Waals surface area contributed by atoms with Crippen LogP contribution in [0.5, 0.6) is 0 Å². The standard InChI is InChI=1S/C9H12Cl2N.ClH/c1-12(11,8-10)7-9-5-3-2-4-6-9;/h2-6H,7-8H2,1H3;1H/q+1;/p-1. The molecule has 1 rings (SSSR count). The zero-order chi connectivity index (χ0) is 9.03. The lowest BCUT2D eigenvalue weighted by Crippen LogP contribution is -3.00. The van der Waals surface area contributed by atoms with Crippen molar-refractivity contribution >= 4 is 23.4 Å². The van der Waals surface area contributed by atoms with E-state index in [2.05, 4.69) is 0 Å². The van der Waals surface area contributed by atoms with Crippen LogP contribution < -0.4 is 12.4 Å². The van der Waals surface area contributed by atoms with Crippen LogP contribution in [0.1, 0.15) is 5.56 Å². The number of quaternary nitrogens is 1. The third-order valence-electron chi connectivity index (χ3n) is 1.60. The van der Waals surface area contributed by atoms with Gasteiger partial charge in [-0.2, -0.15) is 0 Å². The zero-order valence-electron chi connectivity index (χ0n) is 7.38. The van der Waals surface area contributed by atoms with Crippen molar-refractivity contribution in [3.8, 4) is 0 Å². The van der Waals surface area contributed by atoms with Gasteiger partial charge in [-0.25, -0.2) is 4.00 Å². The maximum atomic E-state index is 6.06. The van der Waals surface area contributed by atoms with Gasteiger partial charge in [-0.05, 0) is 0 Å². The number of alkyl halides is 1. The molecule has 1 unspecified atom stereocenters. The molecule has 4 heteroatoms. The van der Waals surface area contributed by atoms with Gasteiger partial charge >= 0.3 is 0 Å². The van der Waals surface area contributed by atoms with E-state index in [4.69, 9.17) is 23.4 Å². The SMILES string of the molecule is C[N+](Cl)(CCl)Cc1ccccc1.[Cl-]. The number of nitrogens with zero attached hydrogens (tertiary/aromatic N) is 1. The molecule has 0 amide bonds. The second-order valence-electron chi connectivity index (χ2n) is 3.03. The van der Waals surface area contributed by atoms with E-state index < -0.39 is 0 Å². The Kier molecular flexibility index (Phi) is 5.73. The second-order valence-corrected chi connectivity index (χ2v) is 4.08. The first-order valence-corrected chi connectivity index (χ1v) is 4.65. The zero-order valence-corrected chi connectivity index (χ0v) is 9.65. The minimum absolute atomic E-state index is 0. The molecule has 0 N–H and O–H groups in total. The number of benzene rings is 1. The Balaban J connectivity index is 0.00000144. The fourth-order valence-electron chi connectivity index (χ4n) is 1.01. The number of hydrogen-bond acceptors (Lipinski definition) is 0. The molecule has 0 aromatic heterocycles. The predicted octanol–water partition coefficient (Wildman–Crippen LogP) is -0.0127. The molecule has 0 bridgehead atoms. The summed E-state index contributed by atoms with van der Waals surface area (Å²) in [5.74, 6) is 0. The monoisotopic (exact) mass is 239 g/mol. The maximum Gasteiger partial charge on any atom is 0.171 e. The van der Waals surface area contributed by atoms with Crippen LogP contribution in [-0.2, 0) is 6.54 Å². The van der Waals surface area contributed by atoms with Crippen LogP contribution in [0, 0.1) is 0 Å². The molecule has 0 aliphatic carbocycles. The van der Waals surface area contributed by atoms with Gasteiger partial charge in [0.25, 0.3) is 0 Å². The van der Waals surface area contributed by atoms with Crippen LogP contribution in [0.2, 0.25) is 0 Å². The third kappa shape index (κ3) is 4.72. The van der Waals surface area contributed by atoms with Gasteiger partial charge in [0.05, 0.1) is 7.05 Å². The van der Waals surface area contributed by atoms with Gasteiger partial charge in [-0.1, -0.05) is 41.9 Å². The van der Waals surface area contributed by atoms with Crippen LogP contribution in [0.15, 0.2) is 30.3 Å². The molecule has 1 aromatic rings. The summed E-state index contributed by atoms with van der Waals surface area (Å²) in [7, 11) is 1.89. The molecule has 74 valence electrons. The Hall–Kier alpha value is 0.0500. The van der Waals surface area contributed by atoms with Crippen molar-refractivity contribution < 1.29 is 16.4 Å². The minimum atomic E-state index is 0. The first kappa shape index (κ1) is 13.1. The average Bonchev–Trinajstić information content (AvgIpc) is 2.06. The Morgan fingerprint density at radius 3 is 2.23 bits per heavy atom. The van der Waals surface area contributed by atoms with E-state index >= 15 is 0 Å². The van der Waals surface area contributed by atoms with E-state index in [0.29, 0.717) is 10.0 Å². The highest BCUT2D eigenvalue weighted by Crippen LogP contribution is 2.15. The fraction of sp³-hybridized carbons (Fsp3) is 0.333. The van der Waals surface area contributed by atoms with Crippen LogP contribution in [0.3, 0.4) is 0 Å². The van der Waals surface area contributed by atoms with Gasteiger partial charge in [-0.3, -0.25) is 0 Å². The van der Waals surface area contributed by atoms with Gasteiger partial charge < -0.3 is 12.4 Å². The molecule has 0 aliphatic heterocycles. The van der Waals surface area contributed by atoms with Crippen LogP contribution in [0.25, 0.3) is 0 Å². The lowest BCUT2D eigenvalue weighted by atomic mass is 10.2. The summed E-state index contributed by atoms with van der Waals surface area (Å²) in [5, 5.41) is 0. The summed E-state index contributed by atoms with van der Waals surface area (Å²) in [4.78, 5) is 0. The lowest BCUT2D eigenvalue weighted by molar-refractivity contribution is -0.795. The van der Waals surface area contributed by atoms with E-state index in [-0.39, 0.29) is 12.4 Å². The molecule has 0 heterocycles. The summed E-state index contributed by atoms with van der Waals surface area (Å²) in [6.45, 7) is 0.756. The summed E-state index contributed by atoms with van der Waals surface area (Å²) in [6, 6.07) is 10.5. The van der Waals surface area contributed by atoms with Gasteiger partial charge in [0, 0.05) is 5.56 Å². The summed E-state index contributed by atoms with van der Waals surface area (Å²) < 4.78 is 0.297. The molecule has 0 radical (unpaired) electrons. The van der Waals surface area contributed by atoms with Crippen molar-refractivity contribution in [1.82, 2.24) is 0 Å². The largest absolute Gasteiger partial charge is 1.00 e. The average molecular weight is 241 g/mol. The maximum absolute atomic E-state index is 6.06. The van der Waals surface area contributed by atoms with E-state index in [1.54, 1.807) is 0 Å². The molecular formula is C9H12Cl3N. The molecule has 0 saturated carbocycles. The van der Waals surface area contributed by atoms with Gasteiger partial charge in [0.1, 0.15) is 6.54 Å². The van der Waals surface area contributed by atoms with Crippen molar-refractivity contribution in [2.24, 2.45) is 0 Å². The van der Waals surface area contributed by atoms with Crippen molar-refractivity contribution in [3.63, 3.8) is 0 Å². The number of hydrogen-bond donors (Lipinski definition) is 0. The van der Waals surface area contributed by atoms with Gasteiger partial charge in [0.15, 0.2) is 17.8 Å². The van der Waals surface area contributed by atoms with Crippen LogP contribution >= 0.6 is 23.4 Å². The highest BCUT2D eigenvalue weighted by molar-refractivity contribution is 6.19. The molecule has 0 fully saturated rings. The van der Waals surface area contributed by atoms with Crippen molar-refractivity contribution in [3.05, 3.63) is 35.9 Å². The van der Waals surface area contributed by atoms with E-state index in [1.807, 2.05) is 37.4 Å². The molecule has 0 spiro atoms. The van der Waals surface area contributed by atoms with Crippen molar-refractivity contribution in [1.29, 1.82) is 0 Å². The van der Waals surface area contributed by atoms with E-state index in [9.17, 15) is 0 Å². The Labute approximate surface area is 95.4 Å². The number of halogens is 3. The normalized spacial score (nSPS) is 14.4. The fourth-order valence-corrected chi connectivity index (χ4v) is 1.23. The first-order valence-electron chi connectivity index (χ1n) is 3.78. The molecular weight excluding hydrogens is 228 g/mol. The third-order valence-corrected chi connectivity index (χ3v) is 2.49. The summed E-state index contributed by atoms with van der Waals surface area (Å²) >= 11 is 11.7. The molecule has 0 aliphatic rings. The van der Waals surface area contributed by atoms with Crippen molar-refractivity contribution in [2.45, 2.75) is 6.54 Å². The minimum Gasteiger partial charge on any atom is -1.00 e. The van der Waals surface area contributed by atoms with Crippen LogP contribution in [0.4, 0.5) is 0 Å². The van der Waals surface area contributed by atoms with Gasteiger partial charge in [0.2, 0.25) is 0 Å². The smallest absolute Gasteiger partial charge is 0.171 e. The number of rotatable bonds is 3.